The third-order valence-corrected chi connectivity index (χ3v) is 14.5. The fraction of sp³-hybridized carbons (Fsp3) is 0. The van der Waals surface area contributed by atoms with Gasteiger partial charge >= 0.3 is 0 Å². The monoisotopic (exact) mass is 1010 g/mol. The van der Waals surface area contributed by atoms with Crippen LogP contribution in [0.3, 0.4) is 0 Å². The van der Waals surface area contributed by atoms with Gasteiger partial charge in [0, 0.05) is 38.2 Å². The summed E-state index contributed by atoms with van der Waals surface area (Å²) in [6.45, 7) is 15.2. The lowest BCUT2D eigenvalue weighted by molar-refractivity contribution is 1.06. The molecule has 0 atom stereocenters. The van der Waals surface area contributed by atoms with Gasteiger partial charge in [-0.2, -0.15) is 36.8 Å². The van der Waals surface area contributed by atoms with Gasteiger partial charge < -0.3 is 4.57 Å². The minimum Gasteiger partial charge on any atom is -0.307 e. The Balaban J connectivity index is 1.18. The molecule has 0 aliphatic rings. The average Bonchev–Trinajstić information content (AvgIpc) is 4.04. The second kappa shape index (κ2) is 19.4. The number of rotatable bonds is 7. The number of hydrogen-bond acceptors (Lipinski definition) is 8. The van der Waals surface area contributed by atoms with Crippen molar-refractivity contribution in [3.63, 3.8) is 0 Å². The Kier molecular flexibility index (Phi) is 11.7. The van der Waals surface area contributed by atoms with Gasteiger partial charge in [0.05, 0.1) is 117 Å². The number of nitriles is 7. The second-order valence-electron chi connectivity index (χ2n) is 18.7. The first kappa shape index (κ1) is 48.1. The van der Waals surface area contributed by atoms with Crippen LogP contribution in [0.1, 0.15) is 38.9 Å². The van der Waals surface area contributed by atoms with Crippen LogP contribution in [0.15, 0.2) is 182 Å². The molecule has 12 nitrogen and oxygen atoms in total. The molecule has 0 radical (unpaired) electrons. The highest BCUT2D eigenvalue weighted by atomic mass is 15.1. The SMILES string of the molecule is [C-]#[N+]c1ccc(-c2ccc3c4ccc(-c5ccc(C#N)cc5C#N)cc4n(-c4cc(-c5cccc(C#N)c5)c(-n5c6cc(-c7ccc(C#N)cc7C#N)ccc6c6ccc(-c7ccc([N+]#[C-])cc7C#N)cc65)cn4)c3c2)c(C#N)c1. The first-order valence-corrected chi connectivity index (χ1v) is 24.6. The fourth-order valence-corrected chi connectivity index (χ4v) is 10.7. The van der Waals surface area contributed by atoms with Gasteiger partial charge in [0.15, 0.2) is 11.4 Å². The van der Waals surface area contributed by atoms with Crippen LogP contribution in [0.4, 0.5) is 11.4 Å². The van der Waals surface area contributed by atoms with Crippen LogP contribution in [0.2, 0.25) is 0 Å². The lowest BCUT2D eigenvalue weighted by atomic mass is 9.96. The second-order valence-corrected chi connectivity index (χ2v) is 18.7. The Hall–Kier alpha value is -12.9. The first-order valence-electron chi connectivity index (χ1n) is 24.6. The van der Waals surface area contributed by atoms with E-state index in [2.05, 4.69) is 56.7 Å². The molecule has 3 heterocycles. The quantitative estimate of drug-likeness (QED) is 0.140. The molecular formula is C68H30N12. The van der Waals surface area contributed by atoms with Crippen LogP contribution >= 0.6 is 0 Å². The molecule has 0 aliphatic heterocycles. The van der Waals surface area contributed by atoms with E-state index < -0.39 is 0 Å². The van der Waals surface area contributed by atoms with Gasteiger partial charge in [0.2, 0.25) is 0 Å². The summed E-state index contributed by atoms with van der Waals surface area (Å²) in [7, 11) is 0. The largest absolute Gasteiger partial charge is 0.307 e. The highest BCUT2D eigenvalue weighted by Gasteiger charge is 2.23. The molecule has 0 fully saturated rings. The molecule has 0 N–H and O–H groups in total. The Morgan fingerprint density at radius 1 is 0.338 bits per heavy atom. The molecule has 0 bridgehead atoms. The van der Waals surface area contributed by atoms with Crippen molar-refractivity contribution in [3.05, 3.63) is 244 Å². The minimum absolute atomic E-state index is 0.324. The molecule has 0 amide bonds. The number of nitrogens with zero attached hydrogens (tertiary/aromatic N) is 12. The number of benzene rings is 9. The summed E-state index contributed by atoms with van der Waals surface area (Å²) in [6, 6.07) is 68.7. The number of pyridine rings is 1. The van der Waals surface area contributed by atoms with Crippen molar-refractivity contribution in [1.82, 2.24) is 14.1 Å². The maximum absolute atomic E-state index is 10.4. The van der Waals surface area contributed by atoms with Gasteiger partial charge in [-0.25, -0.2) is 14.7 Å². The third kappa shape index (κ3) is 7.90. The number of fused-ring (bicyclic) bond motifs is 6. The minimum atomic E-state index is 0.324. The topological polar surface area (TPSA) is 198 Å². The van der Waals surface area contributed by atoms with Crippen LogP contribution in [0.25, 0.3) is 120 Å². The normalized spacial score (nSPS) is 10.6. The van der Waals surface area contributed by atoms with E-state index in [9.17, 15) is 36.8 Å². The smallest absolute Gasteiger partial charge is 0.188 e. The van der Waals surface area contributed by atoms with Crippen LogP contribution in [0, 0.1) is 92.5 Å². The molecule has 12 heteroatoms. The zero-order valence-electron chi connectivity index (χ0n) is 41.7. The Morgan fingerprint density at radius 3 is 1.11 bits per heavy atom. The molecule has 80 heavy (non-hydrogen) atoms. The van der Waals surface area contributed by atoms with E-state index in [-0.39, 0.29) is 0 Å². The van der Waals surface area contributed by atoms with E-state index in [1.54, 1.807) is 85.1 Å². The van der Waals surface area contributed by atoms with Crippen LogP contribution in [0.5, 0.6) is 0 Å². The molecule has 12 aromatic rings. The molecule has 0 aliphatic carbocycles. The summed E-state index contributed by atoms with van der Waals surface area (Å²) in [5.74, 6) is 0.474. The van der Waals surface area contributed by atoms with Crippen molar-refractivity contribution in [3.8, 4) is 110 Å². The maximum atomic E-state index is 10.4. The Bertz CT molecular complexity index is 4880. The van der Waals surface area contributed by atoms with Crippen molar-refractivity contribution in [2.45, 2.75) is 0 Å². The highest BCUT2D eigenvalue weighted by Crippen LogP contribution is 2.43. The van der Waals surface area contributed by atoms with Crippen molar-refractivity contribution in [2.24, 2.45) is 0 Å². The predicted octanol–water partition coefficient (Wildman–Crippen LogP) is 15.8. The predicted molar refractivity (Wildman–Crippen MR) is 306 cm³/mol. The molecule has 9 aromatic carbocycles. The summed E-state index contributed by atoms with van der Waals surface area (Å²) in [5, 5.41) is 74.7. The lowest BCUT2D eigenvalue weighted by Gasteiger charge is -2.18. The van der Waals surface area contributed by atoms with Gasteiger partial charge in [0.25, 0.3) is 0 Å². The van der Waals surface area contributed by atoms with Gasteiger partial charge in [-0.05, 0) is 129 Å². The molecule has 0 saturated carbocycles. The van der Waals surface area contributed by atoms with Gasteiger partial charge in [-0.15, -0.1) is 0 Å². The summed E-state index contributed by atoms with van der Waals surface area (Å²) in [5.41, 5.74) is 13.3. The van der Waals surface area contributed by atoms with E-state index in [4.69, 9.17) is 18.1 Å². The van der Waals surface area contributed by atoms with E-state index in [0.717, 1.165) is 43.6 Å². The first-order chi connectivity index (χ1) is 39.2. The Labute approximate surface area is 457 Å². The van der Waals surface area contributed by atoms with Crippen molar-refractivity contribution >= 4 is 55.0 Å². The Morgan fingerprint density at radius 2 is 0.713 bits per heavy atom. The summed E-state index contributed by atoms with van der Waals surface area (Å²) in [6.07, 6.45) is 1.78. The number of hydrogen-bond donors (Lipinski definition) is 0. The molecule has 3 aromatic heterocycles. The zero-order chi connectivity index (χ0) is 55.2. The van der Waals surface area contributed by atoms with Crippen molar-refractivity contribution < 1.29 is 0 Å². The van der Waals surface area contributed by atoms with Gasteiger partial charge in [-0.1, -0.05) is 97.1 Å². The van der Waals surface area contributed by atoms with Crippen LogP contribution < -0.4 is 0 Å². The van der Waals surface area contributed by atoms with Crippen molar-refractivity contribution in [1.29, 1.82) is 36.8 Å². The lowest BCUT2D eigenvalue weighted by Crippen LogP contribution is -2.04. The average molecular weight is 1020 g/mol. The molecule has 0 spiro atoms. The van der Waals surface area contributed by atoms with Gasteiger partial charge in [-0.3, -0.25) is 4.57 Å². The number of aromatic nitrogens is 3. The standard InChI is InChI=1S/C68H30N12/c1-76-52-12-20-56(50(25-52)37-74)45-9-17-59-58-16-8-44(54-14-6-41(33-70)23-48(54)35-72)27-63(58)79(64(59)28-45)67-39-78-68(31-62(67)43-5-3-4-40(22-43)32-69)80-65-29-46(55-15-7-42(34-71)24-49(55)36-73)10-18-60(65)61-19-11-47(30-66(61)80)57-21-13-53(77-2)26-51(57)38-75/h3-31,39H. The molecular weight excluding hydrogens is 985 g/mol. The fourth-order valence-electron chi connectivity index (χ4n) is 10.7. The van der Waals surface area contributed by atoms with E-state index in [1.165, 1.54) is 0 Å². The van der Waals surface area contributed by atoms with E-state index >= 15 is 0 Å². The summed E-state index contributed by atoms with van der Waals surface area (Å²) >= 11 is 0. The summed E-state index contributed by atoms with van der Waals surface area (Å²) < 4.78 is 4.12. The van der Waals surface area contributed by atoms with Gasteiger partial charge in [0.1, 0.15) is 5.82 Å². The van der Waals surface area contributed by atoms with E-state index in [1.807, 2.05) is 102 Å². The zero-order valence-corrected chi connectivity index (χ0v) is 41.7. The van der Waals surface area contributed by atoms with Crippen LogP contribution in [-0.4, -0.2) is 14.1 Å². The maximum Gasteiger partial charge on any atom is 0.188 e. The molecule has 12 rings (SSSR count). The molecule has 0 saturated heterocycles. The van der Waals surface area contributed by atoms with E-state index in [0.29, 0.717) is 117 Å². The molecule has 362 valence electrons. The van der Waals surface area contributed by atoms with Crippen LogP contribution in [-0.2, 0) is 0 Å². The molecule has 0 unspecified atom stereocenters. The highest BCUT2D eigenvalue weighted by molar-refractivity contribution is 6.13. The summed E-state index contributed by atoms with van der Waals surface area (Å²) in [4.78, 5) is 12.5. The third-order valence-electron chi connectivity index (χ3n) is 14.5. The van der Waals surface area contributed by atoms with Crippen molar-refractivity contribution in [2.75, 3.05) is 0 Å².